The number of ether oxygens (including phenoxy) is 2. The second-order valence-electron chi connectivity index (χ2n) is 4.77. The van der Waals surface area contributed by atoms with Gasteiger partial charge in [-0.05, 0) is 24.3 Å². The zero-order valence-electron chi connectivity index (χ0n) is 12.7. The highest BCUT2D eigenvalue weighted by Gasteiger charge is 2.10. The quantitative estimate of drug-likeness (QED) is 0.605. The van der Waals surface area contributed by atoms with Gasteiger partial charge < -0.3 is 20.5 Å². The zero-order valence-corrected chi connectivity index (χ0v) is 12.7. The van der Waals surface area contributed by atoms with E-state index in [1.165, 1.54) is 18.3 Å². The Bertz CT molecular complexity index is 662. The molecule has 1 amide bonds. The fraction of sp³-hybridized carbons (Fsp3) is 0.250. The third-order valence-corrected chi connectivity index (χ3v) is 3.00. The summed E-state index contributed by atoms with van der Waals surface area (Å²) in [6.07, 6.45) is 2.13. The van der Waals surface area contributed by atoms with Crippen LogP contribution in [0.1, 0.15) is 16.8 Å². The van der Waals surface area contributed by atoms with Crippen molar-refractivity contribution in [3.05, 3.63) is 47.9 Å². The normalized spacial score (nSPS) is 10.3. The van der Waals surface area contributed by atoms with E-state index in [-0.39, 0.29) is 11.4 Å². The molecule has 2 aromatic rings. The molecule has 0 saturated carbocycles. The summed E-state index contributed by atoms with van der Waals surface area (Å²) in [6, 6.07) is 6.94. The standard InChI is InChI=1S/C16H18FN3O3/c1-22-7-2-8-23-15-6-3-11(10-19-15)16(21)20-14-9-12(17)4-5-13(14)18/h3-6,9-10H,2,7-8,18H2,1H3,(H,20,21). The Morgan fingerprint density at radius 3 is 2.83 bits per heavy atom. The molecule has 7 heteroatoms. The molecule has 122 valence electrons. The van der Waals surface area contributed by atoms with Gasteiger partial charge in [0.25, 0.3) is 5.91 Å². The molecule has 1 heterocycles. The number of aromatic nitrogens is 1. The number of hydrogen-bond acceptors (Lipinski definition) is 5. The Morgan fingerprint density at radius 1 is 1.30 bits per heavy atom. The maximum atomic E-state index is 13.2. The number of hydrogen-bond donors (Lipinski definition) is 2. The van der Waals surface area contributed by atoms with E-state index in [4.69, 9.17) is 15.2 Å². The van der Waals surface area contributed by atoms with Crippen LogP contribution in [0, 0.1) is 5.82 Å². The lowest BCUT2D eigenvalue weighted by Gasteiger charge is -2.09. The molecule has 3 N–H and O–H groups in total. The maximum absolute atomic E-state index is 13.2. The number of nitrogens with zero attached hydrogens (tertiary/aromatic N) is 1. The fourth-order valence-electron chi connectivity index (χ4n) is 1.81. The van der Waals surface area contributed by atoms with E-state index in [1.807, 2.05) is 0 Å². The summed E-state index contributed by atoms with van der Waals surface area (Å²) < 4.78 is 23.5. The Balaban J connectivity index is 1.96. The number of amides is 1. The molecule has 0 aliphatic carbocycles. The molecular formula is C16H18FN3O3. The summed E-state index contributed by atoms with van der Waals surface area (Å²) in [6.45, 7) is 1.09. The number of benzene rings is 1. The van der Waals surface area contributed by atoms with Crippen LogP contribution in [0.15, 0.2) is 36.5 Å². The van der Waals surface area contributed by atoms with Gasteiger partial charge in [0.05, 0.1) is 23.5 Å². The van der Waals surface area contributed by atoms with Gasteiger partial charge in [0.1, 0.15) is 5.82 Å². The van der Waals surface area contributed by atoms with Crippen LogP contribution in [0.5, 0.6) is 5.88 Å². The Hall–Kier alpha value is -2.67. The minimum Gasteiger partial charge on any atom is -0.478 e. The monoisotopic (exact) mass is 319 g/mol. The van der Waals surface area contributed by atoms with Gasteiger partial charge in [-0.25, -0.2) is 9.37 Å². The third-order valence-electron chi connectivity index (χ3n) is 3.00. The summed E-state index contributed by atoms with van der Waals surface area (Å²) in [5.74, 6) is -0.490. The lowest BCUT2D eigenvalue weighted by Crippen LogP contribution is -2.14. The van der Waals surface area contributed by atoms with E-state index in [1.54, 1.807) is 19.2 Å². The summed E-state index contributed by atoms with van der Waals surface area (Å²) in [5.41, 5.74) is 6.51. The molecule has 6 nitrogen and oxygen atoms in total. The van der Waals surface area contributed by atoms with E-state index in [0.29, 0.717) is 24.7 Å². The van der Waals surface area contributed by atoms with Crippen LogP contribution in [0.3, 0.4) is 0 Å². The number of nitrogen functional groups attached to an aromatic ring is 1. The smallest absolute Gasteiger partial charge is 0.257 e. The van der Waals surface area contributed by atoms with Crippen molar-refractivity contribution in [1.82, 2.24) is 4.98 Å². The van der Waals surface area contributed by atoms with Crippen molar-refractivity contribution in [3.8, 4) is 5.88 Å². The second kappa shape index (κ2) is 8.09. The molecule has 2 rings (SSSR count). The van der Waals surface area contributed by atoms with Gasteiger partial charge >= 0.3 is 0 Å². The van der Waals surface area contributed by atoms with E-state index < -0.39 is 11.7 Å². The van der Waals surface area contributed by atoms with E-state index in [9.17, 15) is 9.18 Å². The number of methoxy groups -OCH3 is 1. The average molecular weight is 319 g/mol. The Labute approximate surface area is 133 Å². The van der Waals surface area contributed by atoms with Crippen molar-refractivity contribution in [1.29, 1.82) is 0 Å². The first-order valence-electron chi connectivity index (χ1n) is 7.04. The first kappa shape index (κ1) is 16.7. The van der Waals surface area contributed by atoms with Gasteiger partial charge in [-0.3, -0.25) is 4.79 Å². The molecule has 0 fully saturated rings. The largest absolute Gasteiger partial charge is 0.478 e. The summed E-state index contributed by atoms with van der Waals surface area (Å²) in [7, 11) is 1.62. The minimum atomic E-state index is -0.479. The van der Waals surface area contributed by atoms with Crippen LogP contribution in [-0.4, -0.2) is 31.2 Å². The Morgan fingerprint density at radius 2 is 2.13 bits per heavy atom. The lowest BCUT2D eigenvalue weighted by atomic mass is 10.2. The van der Waals surface area contributed by atoms with Crippen molar-refractivity contribution < 1.29 is 18.7 Å². The van der Waals surface area contributed by atoms with Gasteiger partial charge in [0.2, 0.25) is 5.88 Å². The van der Waals surface area contributed by atoms with Crippen LogP contribution in [0.4, 0.5) is 15.8 Å². The number of anilines is 2. The number of pyridine rings is 1. The van der Waals surface area contributed by atoms with Gasteiger partial charge in [-0.2, -0.15) is 0 Å². The van der Waals surface area contributed by atoms with E-state index in [2.05, 4.69) is 10.3 Å². The third kappa shape index (κ3) is 4.93. The molecule has 0 atom stereocenters. The van der Waals surface area contributed by atoms with E-state index >= 15 is 0 Å². The van der Waals surface area contributed by atoms with Gasteiger partial charge in [-0.15, -0.1) is 0 Å². The predicted octanol–water partition coefficient (Wildman–Crippen LogP) is 2.47. The SMILES string of the molecule is COCCCOc1ccc(C(=O)Nc2cc(F)ccc2N)cn1. The van der Waals surface area contributed by atoms with Crippen LogP contribution < -0.4 is 15.8 Å². The molecule has 1 aromatic heterocycles. The summed E-state index contributed by atoms with van der Waals surface area (Å²) in [5, 5.41) is 2.55. The highest BCUT2D eigenvalue weighted by atomic mass is 19.1. The molecule has 0 saturated heterocycles. The topological polar surface area (TPSA) is 86.5 Å². The molecule has 0 radical (unpaired) electrons. The van der Waals surface area contributed by atoms with Crippen molar-refractivity contribution in [2.75, 3.05) is 31.4 Å². The van der Waals surface area contributed by atoms with Gasteiger partial charge in [0.15, 0.2) is 0 Å². The average Bonchev–Trinajstić information content (AvgIpc) is 2.55. The van der Waals surface area contributed by atoms with Crippen LogP contribution in [0.25, 0.3) is 0 Å². The highest BCUT2D eigenvalue weighted by molar-refractivity contribution is 6.05. The molecule has 1 aromatic carbocycles. The lowest BCUT2D eigenvalue weighted by molar-refractivity contribution is 0.102. The number of rotatable bonds is 7. The molecule has 0 bridgehead atoms. The number of carbonyl (C=O) groups is 1. The number of halogens is 1. The van der Waals surface area contributed by atoms with Crippen molar-refractivity contribution in [2.24, 2.45) is 0 Å². The first-order valence-corrected chi connectivity index (χ1v) is 7.04. The van der Waals surface area contributed by atoms with Gasteiger partial charge in [0, 0.05) is 32.4 Å². The van der Waals surface area contributed by atoms with Crippen molar-refractivity contribution in [3.63, 3.8) is 0 Å². The predicted molar refractivity (Wildman–Crippen MR) is 85.0 cm³/mol. The molecule has 0 unspecified atom stereocenters. The van der Waals surface area contributed by atoms with Crippen molar-refractivity contribution >= 4 is 17.3 Å². The first-order chi connectivity index (χ1) is 11.1. The molecular weight excluding hydrogens is 301 g/mol. The maximum Gasteiger partial charge on any atom is 0.257 e. The minimum absolute atomic E-state index is 0.217. The number of nitrogens with one attached hydrogen (secondary N) is 1. The Kier molecular flexibility index (Phi) is 5.87. The molecule has 0 aliphatic heterocycles. The number of carbonyl (C=O) groups excluding carboxylic acids is 1. The highest BCUT2D eigenvalue weighted by Crippen LogP contribution is 2.20. The van der Waals surface area contributed by atoms with E-state index in [0.717, 1.165) is 12.5 Å². The summed E-state index contributed by atoms with van der Waals surface area (Å²) in [4.78, 5) is 16.2. The molecule has 0 spiro atoms. The van der Waals surface area contributed by atoms with Crippen molar-refractivity contribution in [2.45, 2.75) is 6.42 Å². The molecule has 23 heavy (non-hydrogen) atoms. The fourth-order valence-corrected chi connectivity index (χ4v) is 1.81. The number of nitrogens with two attached hydrogens (primary N) is 1. The van der Waals surface area contributed by atoms with Gasteiger partial charge in [-0.1, -0.05) is 0 Å². The summed E-state index contributed by atoms with van der Waals surface area (Å²) >= 11 is 0. The second-order valence-corrected chi connectivity index (χ2v) is 4.77. The van der Waals surface area contributed by atoms with Crippen LogP contribution in [-0.2, 0) is 4.74 Å². The van der Waals surface area contributed by atoms with Crippen LogP contribution >= 0.6 is 0 Å². The van der Waals surface area contributed by atoms with Crippen LogP contribution in [0.2, 0.25) is 0 Å². The molecule has 0 aliphatic rings. The zero-order chi connectivity index (χ0) is 16.7.